The maximum absolute atomic E-state index is 12.7. The summed E-state index contributed by atoms with van der Waals surface area (Å²) >= 11 is 0. The van der Waals surface area contributed by atoms with Gasteiger partial charge >= 0.3 is 5.97 Å². The molecule has 0 radical (unpaired) electrons. The molecule has 5 nitrogen and oxygen atoms in total. The number of amides is 1. The number of hydrogen-bond donors (Lipinski definition) is 1. The van der Waals surface area contributed by atoms with Crippen LogP contribution in [0.3, 0.4) is 0 Å². The molecular weight excluding hydrogens is 256 g/mol. The van der Waals surface area contributed by atoms with Crippen molar-refractivity contribution in [2.75, 3.05) is 11.4 Å². The number of carboxylic acids is 1. The van der Waals surface area contributed by atoms with Crippen LogP contribution in [0.5, 0.6) is 0 Å². The molecule has 1 saturated carbocycles. The quantitative estimate of drug-likeness (QED) is 0.915. The van der Waals surface area contributed by atoms with Gasteiger partial charge in [0.25, 0.3) is 0 Å². The first-order valence-electron chi connectivity index (χ1n) is 6.98. The Morgan fingerprint density at radius 2 is 1.90 bits per heavy atom. The van der Waals surface area contributed by atoms with E-state index in [1.165, 1.54) is 0 Å². The molecule has 3 atom stereocenters. The van der Waals surface area contributed by atoms with Crippen molar-refractivity contribution in [1.82, 2.24) is 4.98 Å². The lowest BCUT2D eigenvalue weighted by Gasteiger charge is -2.26. The summed E-state index contributed by atoms with van der Waals surface area (Å²) in [5.74, 6) is -1.65. The summed E-state index contributed by atoms with van der Waals surface area (Å²) in [6.45, 7) is 4.43. The van der Waals surface area contributed by atoms with Gasteiger partial charge in [0.15, 0.2) is 0 Å². The zero-order chi connectivity index (χ0) is 14.7. The van der Waals surface area contributed by atoms with Crippen LogP contribution in [0.1, 0.15) is 26.7 Å². The lowest BCUT2D eigenvalue weighted by atomic mass is 9.94. The molecule has 0 spiro atoms. The van der Waals surface area contributed by atoms with E-state index in [9.17, 15) is 14.7 Å². The highest BCUT2D eigenvalue weighted by Gasteiger charge is 2.42. The topological polar surface area (TPSA) is 70.5 Å². The van der Waals surface area contributed by atoms with E-state index in [1.807, 2.05) is 13.8 Å². The van der Waals surface area contributed by atoms with Gasteiger partial charge in [0.2, 0.25) is 5.91 Å². The van der Waals surface area contributed by atoms with Crippen molar-refractivity contribution in [3.63, 3.8) is 0 Å². The van der Waals surface area contributed by atoms with Crippen molar-refractivity contribution in [2.45, 2.75) is 26.7 Å². The smallest absolute Gasteiger partial charge is 0.307 e. The average molecular weight is 276 g/mol. The molecule has 0 aliphatic heterocycles. The van der Waals surface area contributed by atoms with Gasteiger partial charge in [0.1, 0.15) is 0 Å². The lowest BCUT2D eigenvalue weighted by Crippen LogP contribution is -2.39. The second kappa shape index (κ2) is 6.03. The molecule has 1 fully saturated rings. The summed E-state index contributed by atoms with van der Waals surface area (Å²) in [6, 6.07) is 3.55. The SMILES string of the molecule is CCN(C(=O)C1CC(C)CC1C(=O)O)c1ccncc1. The Kier molecular flexibility index (Phi) is 4.37. The summed E-state index contributed by atoms with van der Waals surface area (Å²) in [5.41, 5.74) is 0.774. The fourth-order valence-electron chi connectivity index (χ4n) is 3.03. The number of pyridine rings is 1. The van der Waals surface area contributed by atoms with E-state index in [0.717, 1.165) is 5.69 Å². The normalized spacial score (nSPS) is 25.4. The van der Waals surface area contributed by atoms with Gasteiger partial charge in [0, 0.05) is 24.6 Å². The molecule has 0 aromatic carbocycles. The number of carbonyl (C=O) groups excluding carboxylic acids is 1. The summed E-state index contributed by atoms with van der Waals surface area (Å²) < 4.78 is 0. The number of rotatable bonds is 4. The second-order valence-electron chi connectivity index (χ2n) is 5.42. The van der Waals surface area contributed by atoms with Gasteiger partial charge in [-0.3, -0.25) is 14.6 Å². The highest BCUT2D eigenvalue weighted by Crippen LogP contribution is 2.38. The van der Waals surface area contributed by atoms with Crippen molar-refractivity contribution in [1.29, 1.82) is 0 Å². The van der Waals surface area contributed by atoms with Crippen molar-refractivity contribution in [2.24, 2.45) is 17.8 Å². The Hall–Kier alpha value is -1.91. The number of carbonyl (C=O) groups is 2. The van der Waals surface area contributed by atoms with Gasteiger partial charge in [-0.15, -0.1) is 0 Å². The number of aromatic nitrogens is 1. The van der Waals surface area contributed by atoms with E-state index in [0.29, 0.717) is 19.4 Å². The molecule has 1 aliphatic rings. The maximum Gasteiger partial charge on any atom is 0.307 e. The van der Waals surface area contributed by atoms with Crippen molar-refractivity contribution >= 4 is 17.6 Å². The minimum atomic E-state index is -0.863. The summed E-state index contributed by atoms with van der Waals surface area (Å²) in [4.78, 5) is 29.6. The van der Waals surface area contributed by atoms with Gasteiger partial charge in [-0.1, -0.05) is 6.92 Å². The van der Waals surface area contributed by atoms with Crippen LogP contribution in [0.4, 0.5) is 5.69 Å². The van der Waals surface area contributed by atoms with E-state index in [2.05, 4.69) is 4.98 Å². The fraction of sp³-hybridized carbons (Fsp3) is 0.533. The fourth-order valence-corrected chi connectivity index (χ4v) is 3.03. The first-order valence-corrected chi connectivity index (χ1v) is 6.98. The Morgan fingerprint density at radius 1 is 1.30 bits per heavy atom. The summed E-state index contributed by atoms with van der Waals surface area (Å²) in [5, 5.41) is 9.29. The number of anilines is 1. The third kappa shape index (κ3) is 2.81. The number of hydrogen-bond acceptors (Lipinski definition) is 3. The largest absolute Gasteiger partial charge is 0.481 e. The lowest BCUT2D eigenvalue weighted by molar-refractivity contribution is -0.145. The van der Waals surface area contributed by atoms with Gasteiger partial charge in [-0.25, -0.2) is 0 Å². The summed E-state index contributed by atoms with van der Waals surface area (Å²) in [7, 11) is 0. The molecular formula is C15H20N2O3. The first kappa shape index (κ1) is 14.5. The monoisotopic (exact) mass is 276 g/mol. The summed E-state index contributed by atoms with van der Waals surface area (Å²) in [6.07, 6.45) is 4.51. The van der Waals surface area contributed by atoms with Crippen LogP contribution in [0, 0.1) is 17.8 Å². The molecule has 108 valence electrons. The van der Waals surface area contributed by atoms with Crippen LogP contribution in [0.2, 0.25) is 0 Å². The number of carboxylic acid groups (broad SMARTS) is 1. The van der Waals surface area contributed by atoms with E-state index in [-0.39, 0.29) is 11.8 Å². The van der Waals surface area contributed by atoms with Gasteiger partial charge in [0.05, 0.1) is 11.8 Å². The van der Waals surface area contributed by atoms with Crippen molar-refractivity contribution in [3.05, 3.63) is 24.5 Å². The zero-order valence-corrected chi connectivity index (χ0v) is 11.8. The highest BCUT2D eigenvalue weighted by molar-refractivity contribution is 5.97. The minimum absolute atomic E-state index is 0.0875. The molecule has 0 saturated heterocycles. The van der Waals surface area contributed by atoms with E-state index in [1.54, 1.807) is 29.4 Å². The number of aliphatic carboxylic acids is 1. The average Bonchev–Trinajstić information content (AvgIpc) is 2.83. The molecule has 3 unspecified atom stereocenters. The van der Waals surface area contributed by atoms with Crippen LogP contribution >= 0.6 is 0 Å². The third-order valence-corrected chi connectivity index (χ3v) is 3.99. The van der Waals surface area contributed by atoms with Crippen LogP contribution in [-0.4, -0.2) is 28.5 Å². The standard InChI is InChI=1S/C15H20N2O3/c1-3-17(11-4-6-16-7-5-11)14(18)12-8-10(2)9-13(12)15(19)20/h4-7,10,12-13H,3,8-9H2,1-2H3,(H,19,20). The molecule has 0 bridgehead atoms. The van der Waals surface area contributed by atoms with Crippen molar-refractivity contribution in [3.8, 4) is 0 Å². The molecule has 1 aromatic rings. The predicted octanol–water partition coefficient (Wildman–Crippen LogP) is 2.18. The van der Waals surface area contributed by atoms with Crippen molar-refractivity contribution < 1.29 is 14.7 Å². The van der Waals surface area contributed by atoms with Crippen LogP contribution in [-0.2, 0) is 9.59 Å². The van der Waals surface area contributed by atoms with Gasteiger partial charge in [-0.05, 0) is 37.8 Å². The highest BCUT2D eigenvalue weighted by atomic mass is 16.4. The molecule has 1 amide bonds. The maximum atomic E-state index is 12.7. The second-order valence-corrected chi connectivity index (χ2v) is 5.42. The Balaban J connectivity index is 2.22. The first-order chi connectivity index (χ1) is 9.54. The van der Waals surface area contributed by atoms with Gasteiger partial charge in [-0.2, -0.15) is 0 Å². The Bertz CT molecular complexity index is 489. The molecule has 2 rings (SSSR count). The van der Waals surface area contributed by atoms with Gasteiger partial charge < -0.3 is 10.0 Å². The Labute approximate surface area is 118 Å². The van der Waals surface area contributed by atoms with Crippen LogP contribution in [0.15, 0.2) is 24.5 Å². The Morgan fingerprint density at radius 3 is 2.45 bits per heavy atom. The molecule has 1 N–H and O–H groups in total. The third-order valence-electron chi connectivity index (χ3n) is 3.99. The van der Waals surface area contributed by atoms with E-state index >= 15 is 0 Å². The minimum Gasteiger partial charge on any atom is -0.481 e. The molecule has 20 heavy (non-hydrogen) atoms. The molecule has 1 aromatic heterocycles. The van der Waals surface area contributed by atoms with E-state index in [4.69, 9.17) is 0 Å². The van der Waals surface area contributed by atoms with Crippen LogP contribution in [0.25, 0.3) is 0 Å². The molecule has 1 aliphatic carbocycles. The van der Waals surface area contributed by atoms with Crippen LogP contribution < -0.4 is 4.90 Å². The molecule has 5 heteroatoms. The van der Waals surface area contributed by atoms with E-state index < -0.39 is 17.8 Å². The molecule has 1 heterocycles. The zero-order valence-electron chi connectivity index (χ0n) is 11.8. The predicted molar refractivity (Wildman–Crippen MR) is 75.3 cm³/mol. The number of nitrogens with zero attached hydrogens (tertiary/aromatic N) is 2.